The average molecular weight is 235 g/mol. The Hall–Kier alpha value is -1.16. The van der Waals surface area contributed by atoms with Gasteiger partial charge >= 0.3 is 0 Å². The Kier molecular flexibility index (Phi) is 3.62. The van der Waals surface area contributed by atoms with Gasteiger partial charge in [0.1, 0.15) is 11.4 Å². The monoisotopic (exact) mass is 235 g/mol. The van der Waals surface area contributed by atoms with E-state index in [1.807, 2.05) is 6.92 Å². The molecule has 0 amide bonds. The molecule has 0 saturated heterocycles. The summed E-state index contributed by atoms with van der Waals surface area (Å²) in [6, 6.07) is 1.72. The lowest BCUT2D eigenvalue weighted by Gasteiger charge is -2.37. The largest absolute Gasteiger partial charge is 0.384 e. The minimum absolute atomic E-state index is 0.309. The van der Waals surface area contributed by atoms with Crippen LogP contribution in [0.3, 0.4) is 0 Å². The molecule has 2 N–H and O–H groups in total. The van der Waals surface area contributed by atoms with Crippen molar-refractivity contribution in [3.8, 4) is 0 Å². The van der Waals surface area contributed by atoms with Gasteiger partial charge in [-0.05, 0) is 44.6 Å². The zero-order valence-electron chi connectivity index (χ0n) is 10.6. The lowest BCUT2D eigenvalue weighted by Crippen LogP contribution is -2.36. The predicted octanol–water partition coefficient (Wildman–Crippen LogP) is 2.50. The summed E-state index contributed by atoms with van der Waals surface area (Å²) in [6.07, 6.45) is 6.03. The van der Waals surface area contributed by atoms with Gasteiger partial charge in [0, 0.05) is 12.8 Å². The molecule has 1 aliphatic carbocycles. The summed E-state index contributed by atoms with van der Waals surface area (Å²) in [4.78, 5) is 8.72. The summed E-state index contributed by atoms with van der Waals surface area (Å²) in [5.41, 5.74) is 5.43. The Bertz CT molecular complexity index is 373. The van der Waals surface area contributed by atoms with E-state index in [4.69, 9.17) is 10.5 Å². The highest BCUT2D eigenvalue weighted by molar-refractivity contribution is 5.26. The highest BCUT2D eigenvalue weighted by Crippen LogP contribution is 2.41. The fourth-order valence-electron chi connectivity index (χ4n) is 2.53. The zero-order chi connectivity index (χ0) is 12.3. The number of anilines is 1. The molecule has 2 rings (SSSR count). The molecular weight excluding hydrogens is 214 g/mol. The van der Waals surface area contributed by atoms with Gasteiger partial charge in [-0.3, -0.25) is 0 Å². The maximum absolute atomic E-state index is 5.98. The Balaban J connectivity index is 2.27. The topological polar surface area (TPSA) is 61.0 Å². The summed E-state index contributed by atoms with van der Waals surface area (Å²) >= 11 is 0. The van der Waals surface area contributed by atoms with E-state index in [0.29, 0.717) is 12.4 Å². The number of nitrogen functional groups attached to an aromatic ring is 1. The molecule has 0 aliphatic heterocycles. The predicted molar refractivity (Wildman–Crippen MR) is 67.4 cm³/mol. The molecule has 94 valence electrons. The second-order valence-corrected chi connectivity index (χ2v) is 4.91. The quantitative estimate of drug-likeness (QED) is 0.874. The molecule has 0 radical (unpaired) electrons. The number of nitrogens with zero attached hydrogens (tertiary/aromatic N) is 2. The van der Waals surface area contributed by atoms with Crippen LogP contribution < -0.4 is 5.73 Å². The van der Waals surface area contributed by atoms with Crippen LogP contribution in [0.2, 0.25) is 0 Å². The van der Waals surface area contributed by atoms with Crippen LogP contribution in [0.5, 0.6) is 0 Å². The lowest BCUT2D eigenvalue weighted by atomic mass is 9.79. The summed E-state index contributed by atoms with van der Waals surface area (Å²) in [5, 5.41) is 0. The molecule has 1 fully saturated rings. The number of hydrogen-bond acceptors (Lipinski definition) is 4. The summed E-state index contributed by atoms with van der Waals surface area (Å²) in [7, 11) is 0. The van der Waals surface area contributed by atoms with Crippen LogP contribution in [0, 0.1) is 5.92 Å². The van der Waals surface area contributed by atoms with Gasteiger partial charge in [-0.1, -0.05) is 6.92 Å². The first-order chi connectivity index (χ1) is 8.16. The van der Waals surface area contributed by atoms with Crippen molar-refractivity contribution in [1.82, 2.24) is 9.97 Å². The van der Waals surface area contributed by atoms with Crippen LogP contribution in [0.25, 0.3) is 0 Å². The number of aromatic nitrogens is 2. The van der Waals surface area contributed by atoms with E-state index in [1.165, 1.54) is 0 Å². The second-order valence-electron chi connectivity index (χ2n) is 4.91. The van der Waals surface area contributed by atoms with Crippen molar-refractivity contribution >= 4 is 5.82 Å². The number of nitrogens with two attached hydrogens (primary N) is 1. The van der Waals surface area contributed by atoms with Gasteiger partial charge in [0.15, 0.2) is 5.82 Å². The van der Waals surface area contributed by atoms with Crippen LogP contribution in [0.4, 0.5) is 5.82 Å². The highest BCUT2D eigenvalue weighted by Gasteiger charge is 2.39. The maximum atomic E-state index is 5.98. The van der Waals surface area contributed by atoms with E-state index in [-0.39, 0.29) is 5.60 Å². The fraction of sp³-hybridized carbons (Fsp3) is 0.692. The Morgan fingerprint density at radius 3 is 2.76 bits per heavy atom. The molecule has 17 heavy (non-hydrogen) atoms. The molecule has 0 bridgehead atoms. The SMILES string of the molecule is CCOC1(c2nccc(N)n2)CCC(C)CC1. The van der Waals surface area contributed by atoms with Crippen LogP contribution in [0.1, 0.15) is 45.4 Å². The van der Waals surface area contributed by atoms with Crippen LogP contribution >= 0.6 is 0 Å². The summed E-state index contributed by atoms with van der Waals surface area (Å²) < 4.78 is 5.98. The number of rotatable bonds is 3. The van der Waals surface area contributed by atoms with Gasteiger partial charge < -0.3 is 10.5 Å². The molecule has 1 saturated carbocycles. The maximum Gasteiger partial charge on any atom is 0.162 e. The summed E-state index contributed by atoms with van der Waals surface area (Å²) in [5.74, 6) is 2.04. The van der Waals surface area contributed by atoms with E-state index < -0.39 is 0 Å². The van der Waals surface area contributed by atoms with Crippen molar-refractivity contribution < 1.29 is 4.74 Å². The third-order valence-corrected chi connectivity index (χ3v) is 3.59. The van der Waals surface area contributed by atoms with Crippen LogP contribution in [-0.2, 0) is 10.3 Å². The molecule has 1 aromatic heterocycles. The van der Waals surface area contributed by atoms with Crippen molar-refractivity contribution in [2.75, 3.05) is 12.3 Å². The summed E-state index contributed by atoms with van der Waals surface area (Å²) in [6.45, 7) is 4.99. The van der Waals surface area contributed by atoms with Gasteiger partial charge in [0.25, 0.3) is 0 Å². The Morgan fingerprint density at radius 2 is 2.18 bits per heavy atom. The van der Waals surface area contributed by atoms with Gasteiger partial charge in [-0.15, -0.1) is 0 Å². The minimum Gasteiger partial charge on any atom is -0.384 e. The molecule has 1 heterocycles. The van der Waals surface area contributed by atoms with Crippen molar-refractivity contribution in [2.24, 2.45) is 5.92 Å². The van der Waals surface area contributed by atoms with Crippen LogP contribution in [-0.4, -0.2) is 16.6 Å². The van der Waals surface area contributed by atoms with E-state index in [9.17, 15) is 0 Å². The molecule has 1 aliphatic rings. The number of ether oxygens (including phenoxy) is 1. The fourth-order valence-corrected chi connectivity index (χ4v) is 2.53. The van der Waals surface area contributed by atoms with E-state index in [2.05, 4.69) is 16.9 Å². The molecule has 0 atom stereocenters. The first kappa shape index (κ1) is 12.3. The molecule has 4 heteroatoms. The molecular formula is C13H21N3O. The third-order valence-electron chi connectivity index (χ3n) is 3.59. The van der Waals surface area contributed by atoms with E-state index >= 15 is 0 Å². The smallest absolute Gasteiger partial charge is 0.162 e. The second kappa shape index (κ2) is 5.00. The normalized spacial score (nSPS) is 29.2. The van der Waals surface area contributed by atoms with Gasteiger partial charge in [0.2, 0.25) is 0 Å². The molecule has 0 unspecified atom stereocenters. The Labute approximate surface area is 103 Å². The standard InChI is InChI=1S/C13H21N3O/c1-3-17-13(7-4-10(2)5-8-13)12-15-9-6-11(14)16-12/h6,9-10H,3-5,7-8H2,1-2H3,(H2,14,15,16). The number of hydrogen-bond donors (Lipinski definition) is 1. The minimum atomic E-state index is -0.309. The molecule has 0 spiro atoms. The van der Waals surface area contributed by atoms with E-state index in [1.54, 1.807) is 12.3 Å². The van der Waals surface area contributed by atoms with Gasteiger partial charge in [-0.2, -0.15) is 0 Å². The van der Waals surface area contributed by atoms with Gasteiger partial charge in [0.05, 0.1) is 0 Å². The van der Waals surface area contributed by atoms with Gasteiger partial charge in [-0.25, -0.2) is 9.97 Å². The average Bonchev–Trinajstić information content (AvgIpc) is 2.33. The van der Waals surface area contributed by atoms with Crippen molar-refractivity contribution in [3.63, 3.8) is 0 Å². The Morgan fingerprint density at radius 1 is 1.47 bits per heavy atom. The zero-order valence-corrected chi connectivity index (χ0v) is 10.6. The first-order valence-electron chi connectivity index (χ1n) is 6.39. The highest BCUT2D eigenvalue weighted by atomic mass is 16.5. The van der Waals surface area contributed by atoms with Crippen molar-refractivity contribution in [3.05, 3.63) is 18.1 Å². The van der Waals surface area contributed by atoms with Crippen molar-refractivity contribution in [1.29, 1.82) is 0 Å². The van der Waals surface area contributed by atoms with E-state index in [0.717, 1.165) is 37.4 Å². The molecule has 4 nitrogen and oxygen atoms in total. The molecule has 1 aromatic rings. The first-order valence-corrected chi connectivity index (χ1v) is 6.39. The lowest BCUT2D eigenvalue weighted by molar-refractivity contribution is -0.0836. The van der Waals surface area contributed by atoms with Crippen LogP contribution in [0.15, 0.2) is 12.3 Å². The molecule has 0 aromatic carbocycles. The van der Waals surface area contributed by atoms with Crippen molar-refractivity contribution in [2.45, 2.75) is 45.1 Å². The third kappa shape index (κ3) is 2.57.